The molecule has 4 bridgehead atoms. The average molecular weight is 411 g/mol. The molecule has 0 aliphatic carbocycles. The summed E-state index contributed by atoms with van der Waals surface area (Å²) in [5, 5.41) is 7.74. The number of aromatic nitrogens is 3. The Kier molecular flexibility index (Phi) is 5.73. The predicted molar refractivity (Wildman–Crippen MR) is 106 cm³/mol. The highest BCUT2D eigenvalue weighted by Gasteiger charge is 2.18. The highest BCUT2D eigenvalue weighted by Crippen LogP contribution is 2.26. The Bertz CT molecular complexity index is 1040. The zero-order chi connectivity index (χ0) is 20.1. The summed E-state index contributed by atoms with van der Waals surface area (Å²) in [6, 6.07) is 6.83. The van der Waals surface area contributed by atoms with Crippen molar-refractivity contribution < 1.29 is 19.1 Å². The monoisotopic (exact) mass is 411 g/mol. The molecule has 1 aliphatic rings. The van der Waals surface area contributed by atoms with Crippen LogP contribution in [0.15, 0.2) is 42.0 Å². The average Bonchev–Trinajstić information content (AvgIpc) is 3.23. The molecular formula is C19H17N5O4S. The Labute approximate surface area is 170 Å². The molecule has 0 fully saturated rings. The highest BCUT2D eigenvalue weighted by molar-refractivity contribution is 7.13. The number of rotatable bonds is 0. The SMILES string of the molecule is O=C1Nc2cccnc2C(=O)NCCOCCOc2cc(ccn2)-c2nc1cs2. The van der Waals surface area contributed by atoms with Gasteiger partial charge in [0.05, 0.1) is 18.9 Å². The number of pyridine rings is 2. The van der Waals surface area contributed by atoms with Gasteiger partial charge in [-0.3, -0.25) is 9.59 Å². The van der Waals surface area contributed by atoms with Crippen molar-refractivity contribution in [2.24, 2.45) is 0 Å². The summed E-state index contributed by atoms with van der Waals surface area (Å²) in [6.45, 7) is 1.29. The lowest BCUT2D eigenvalue weighted by atomic mass is 10.2. The second-order valence-corrected chi connectivity index (χ2v) is 6.85. The van der Waals surface area contributed by atoms with Gasteiger partial charge in [0.2, 0.25) is 5.88 Å². The summed E-state index contributed by atoms with van der Waals surface area (Å²) in [4.78, 5) is 37.7. The number of hydrogen-bond donors (Lipinski definition) is 2. The van der Waals surface area contributed by atoms with Crippen LogP contribution in [0.3, 0.4) is 0 Å². The minimum Gasteiger partial charge on any atom is -0.475 e. The number of nitrogens with zero attached hydrogens (tertiary/aromatic N) is 3. The molecule has 0 saturated heterocycles. The summed E-state index contributed by atoms with van der Waals surface area (Å²) in [5.74, 6) is -0.383. The van der Waals surface area contributed by atoms with E-state index in [4.69, 9.17) is 9.47 Å². The van der Waals surface area contributed by atoms with E-state index in [0.29, 0.717) is 42.9 Å². The van der Waals surface area contributed by atoms with Crippen LogP contribution in [0.1, 0.15) is 21.0 Å². The van der Waals surface area contributed by atoms with Crippen LogP contribution in [-0.2, 0) is 4.74 Å². The quantitative estimate of drug-likeness (QED) is 0.581. The molecule has 0 saturated carbocycles. The maximum atomic E-state index is 12.6. The lowest BCUT2D eigenvalue weighted by Crippen LogP contribution is -2.29. The molecule has 2 amide bonds. The third kappa shape index (κ3) is 4.55. The number of carbonyl (C=O) groups is 2. The van der Waals surface area contributed by atoms with Crippen molar-refractivity contribution in [3.05, 3.63) is 53.4 Å². The molecular weight excluding hydrogens is 394 g/mol. The van der Waals surface area contributed by atoms with E-state index in [2.05, 4.69) is 25.6 Å². The molecule has 2 N–H and O–H groups in total. The van der Waals surface area contributed by atoms with Gasteiger partial charge in [-0.25, -0.2) is 15.0 Å². The zero-order valence-electron chi connectivity index (χ0n) is 15.3. The second-order valence-electron chi connectivity index (χ2n) is 5.99. The fourth-order valence-corrected chi connectivity index (χ4v) is 3.43. The molecule has 0 spiro atoms. The first-order valence-electron chi connectivity index (χ1n) is 8.88. The summed E-state index contributed by atoms with van der Waals surface area (Å²) in [5.41, 5.74) is 1.47. The van der Waals surface area contributed by atoms with E-state index in [1.54, 1.807) is 35.8 Å². The molecule has 4 heterocycles. The second kappa shape index (κ2) is 8.76. The van der Waals surface area contributed by atoms with Crippen LogP contribution in [0.4, 0.5) is 5.69 Å². The van der Waals surface area contributed by atoms with E-state index in [-0.39, 0.29) is 11.4 Å². The molecule has 0 atom stereocenters. The summed E-state index contributed by atoms with van der Waals surface area (Å²) in [7, 11) is 0. The van der Waals surface area contributed by atoms with Gasteiger partial charge in [-0.2, -0.15) is 0 Å². The van der Waals surface area contributed by atoms with Crippen LogP contribution >= 0.6 is 11.3 Å². The van der Waals surface area contributed by atoms with E-state index in [9.17, 15) is 9.59 Å². The minimum atomic E-state index is -0.426. The standard InChI is InChI=1S/C19H17N5O4S/c25-17-14-11-29-19(24-14)12-3-5-20-15(10-12)28-9-8-27-7-6-22-18(26)16-13(23-17)2-1-4-21-16/h1-5,10-11H,6-9H2,(H,22,26)(H,23,25). The topological polar surface area (TPSA) is 115 Å². The Morgan fingerprint density at radius 3 is 2.90 bits per heavy atom. The van der Waals surface area contributed by atoms with Crippen molar-refractivity contribution >= 4 is 28.8 Å². The molecule has 4 rings (SSSR count). The third-order valence-corrected chi connectivity index (χ3v) is 4.89. The van der Waals surface area contributed by atoms with Gasteiger partial charge in [-0.05, 0) is 18.2 Å². The summed E-state index contributed by atoms with van der Waals surface area (Å²) in [6.07, 6.45) is 3.12. The number of anilines is 1. The van der Waals surface area contributed by atoms with Gasteiger partial charge in [-0.15, -0.1) is 11.3 Å². The largest absolute Gasteiger partial charge is 0.475 e. The lowest BCUT2D eigenvalue weighted by molar-refractivity contribution is 0.0859. The van der Waals surface area contributed by atoms with Crippen molar-refractivity contribution in [3.8, 4) is 16.5 Å². The first-order chi connectivity index (χ1) is 14.2. The van der Waals surface area contributed by atoms with Crippen LogP contribution in [-0.4, -0.2) is 53.1 Å². The fourth-order valence-electron chi connectivity index (χ4n) is 2.63. The van der Waals surface area contributed by atoms with Gasteiger partial charge in [0, 0.05) is 35.9 Å². The molecule has 10 heteroatoms. The molecule has 148 valence electrons. The maximum Gasteiger partial charge on any atom is 0.275 e. The van der Waals surface area contributed by atoms with Crippen molar-refractivity contribution in [1.82, 2.24) is 20.3 Å². The van der Waals surface area contributed by atoms with Crippen LogP contribution in [0.2, 0.25) is 0 Å². The van der Waals surface area contributed by atoms with Gasteiger partial charge < -0.3 is 20.1 Å². The van der Waals surface area contributed by atoms with Gasteiger partial charge in [-0.1, -0.05) is 0 Å². The van der Waals surface area contributed by atoms with E-state index < -0.39 is 11.8 Å². The van der Waals surface area contributed by atoms with E-state index in [1.807, 2.05) is 0 Å². The highest BCUT2D eigenvalue weighted by atomic mass is 32.1. The molecule has 9 nitrogen and oxygen atoms in total. The number of carbonyl (C=O) groups excluding carboxylic acids is 2. The van der Waals surface area contributed by atoms with Gasteiger partial charge >= 0.3 is 0 Å². The van der Waals surface area contributed by atoms with Crippen LogP contribution in [0, 0.1) is 0 Å². The van der Waals surface area contributed by atoms with Crippen molar-refractivity contribution in [2.45, 2.75) is 0 Å². The molecule has 1 aliphatic heterocycles. The predicted octanol–water partition coefficient (Wildman–Crippen LogP) is 1.99. The molecule has 3 aromatic heterocycles. The minimum absolute atomic E-state index is 0.125. The molecule has 3 aromatic rings. The number of fused-ring (bicyclic) bond motifs is 6. The van der Waals surface area contributed by atoms with Gasteiger partial charge in [0.1, 0.15) is 17.3 Å². The number of hydrogen-bond acceptors (Lipinski definition) is 8. The zero-order valence-corrected chi connectivity index (χ0v) is 16.1. The Morgan fingerprint density at radius 2 is 1.97 bits per heavy atom. The summed E-state index contributed by atoms with van der Waals surface area (Å²) >= 11 is 1.33. The number of thiazole rings is 1. The lowest BCUT2D eigenvalue weighted by Gasteiger charge is -2.11. The van der Waals surface area contributed by atoms with Crippen LogP contribution < -0.4 is 15.4 Å². The van der Waals surface area contributed by atoms with Crippen LogP contribution in [0.25, 0.3) is 10.6 Å². The van der Waals surface area contributed by atoms with Crippen molar-refractivity contribution in [2.75, 3.05) is 31.7 Å². The van der Waals surface area contributed by atoms with E-state index in [0.717, 1.165) is 5.56 Å². The Hall–Kier alpha value is -3.37. The third-order valence-electron chi connectivity index (χ3n) is 4.00. The van der Waals surface area contributed by atoms with Crippen molar-refractivity contribution in [3.63, 3.8) is 0 Å². The van der Waals surface area contributed by atoms with Gasteiger partial charge in [0.25, 0.3) is 11.8 Å². The molecule has 0 radical (unpaired) electrons. The first kappa shape index (κ1) is 19.0. The molecule has 0 aromatic carbocycles. The van der Waals surface area contributed by atoms with E-state index in [1.165, 1.54) is 17.5 Å². The smallest absolute Gasteiger partial charge is 0.275 e. The maximum absolute atomic E-state index is 12.6. The van der Waals surface area contributed by atoms with Crippen LogP contribution in [0.5, 0.6) is 5.88 Å². The first-order valence-corrected chi connectivity index (χ1v) is 9.76. The number of amides is 2. The van der Waals surface area contributed by atoms with E-state index >= 15 is 0 Å². The normalized spacial score (nSPS) is 15.2. The molecule has 0 unspecified atom stereocenters. The Morgan fingerprint density at radius 1 is 1.03 bits per heavy atom. The Balaban J connectivity index is 1.64. The summed E-state index contributed by atoms with van der Waals surface area (Å²) < 4.78 is 11.1. The molecule has 29 heavy (non-hydrogen) atoms. The number of nitrogens with one attached hydrogen (secondary N) is 2. The van der Waals surface area contributed by atoms with Gasteiger partial charge in [0.15, 0.2) is 5.69 Å². The number of ether oxygens (including phenoxy) is 2. The fraction of sp³-hybridized carbons (Fsp3) is 0.211. The van der Waals surface area contributed by atoms with Crippen molar-refractivity contribution in [1.29, 1.82) is 0 Å².